The van der Waals surface area contributed by atoms with Crippen molar-refractivity contribution in [2.45, 2.75) is 38.3 Å². The normalized spacial score (nSPS) is 19.5. The summed E-state index contributed by atoms with van der Waals surface area (Å²) in [5.74, 6) is 0.598. The number of anilines is 1. The van der Waals surface area contributed by atoms with Crippen LogP contribution >= 0.6 is 0 Å². The third kappa shape index (κ3) is 3.00. The van der Waals surface area contributed by atoms with E-state index in [1.165, 1.54) is 0 Å². The van der Waals surface area contributed by atoms with Crippen LogP contribution in [0.5, 0.6) is 0 Å². The van der Waals surface area contributed by atoms with Crippen molar-refractivity contribution in [3.8, 4) is 11.1 Å². The number of hydrogen-bond acceptors (Lipinski definition) is 5. The van der Waals surface area contributed by atoms with E-state index in [-0.39, 0.29) is 11.6 Å². The number of nitrogens with one attached hydrogen (secondary N) is 1. The van der Waals surface area contributed by atoms with Gasteiger partial charge < -0.3 is 10.1 Å². The van der Waals surface area contributed by atoms with Crippen molar-refractivity contribution in [3.05, 3.63) is 52.4 Å². The molecule has 1 aliphatic carbocycles. The molecule has 3 heterocycles. The highest BCUT2D eigenvalue weighted by Crippen LogP contribution is 2.28. The van der Waals surface area contributed by atoms with E-state index in [1.54, 1.807) is 0 Å². The minimum atomic E-state index is -0.0108. The van der Waals surface area contributed by atoms with E-state index in [1.807, 2.05) is 48.0 Å². The summed E-state index contributed by atoms with van der Waals surface area (Å²) in [5, 5.41) is 4.21. The van der Waals surface area contributed by atoms with E-state index < -0.39 is 0 Å². The van der Waals surface area contributed by atoms with Gasteiger partial charge in [0, 0.05) is 29.8 Å². The van der Waals surface area contributed by atoms with Crippen molar-refractivity contribution >= 4 is 17.0 Å². The van der Waals surface area contributed by atoms with Crippen LogP contribution in [-0.4, -0.2) is 33.8 Å². The molecule has 1 aromatic carbocycles. The maximum absolute atomic E-state index is 13.5. The average molecular weight is 362 g/mol. The fraction of sp³-hybridized carbons (Fsp3) is 0.381. The molecular formula is C21H22N4O2. The van der Waals surface area contributed by atoms with Gasteiger partial charge in [-0.3, -0.25) is 9.36 Å². The van der Waals surface area contributed by atoms with Gasteiger partial charge >= 0.3 is 0 Å². The monoisotopic (exact) mass is 362 g/mol. The van der Waals surface area contributed by atoms with Crippen molar-refractivity contribution in [2.75, 3.05) is 18.5 Å². The topological polar surface area (TPSA) is 69.0 Å². The first kappa shape index (κ1) is 16.4. The minimum Gasteiger partial charge on any atom is -0.379 e. The van der Waals surface area contributed by atoms with Crippen molar-refractivity contribution in [3.63, 3.8) is 0 Å². The number of nitrogens with zero attached hydrogens (tertiary/aromatic N) is 3. The van der Waals surface area contributed by atoms with Crippen LogP contribution in [0.3, 0.4) is 0 Å². The number of hydrogen-bond donors (Lipinski definition) is 1. The molecule has 0 unspecified atom stereocenters. The maximum Gasteiger partial charge on any atom is 0.260 e. The van der Waals surface area contributed by atoms with Gasteiger partial charge in [0.25, 0.3) is 5.56 Å². The van der Waals surface area contributed by atoms with Gasteiger partial charge in [-0.2, -0.15) is 4.98 Å². The van der Waals surface area contributed by atoms with E-state index in [2.05, 4.69) is 10.3 Å². The van der Waals surface area contributed by atoms with Gasteiger partial charge in [0.2, 0.25) is 5.95 Å². The molecule has 0 spiro atoms. The molecule has 138 valence electrons. The smallest absolute Gasteiger partial charge is 0.260 e. The highest BCUT2D eigenvalue weighted by molar-refractivity contribution is 5.82. The highest BCUT2D eigenvalue weighted by atomic mass is 16.5. The predicted molar refractivity (Wildman–Crippen MR) is 105 cm³/mol. The fourth-order valence-electron chi connectivity index (χ4n) is 3.73. The van der Waals surface area contributed by atoms with Crippen LogP contribution in [0.1, 0.15) is 30.9 Å². The Labute approximate surface area is 157 Å². The lowest BCUT2D eigenvalue weighted by Crippen LogP contribution is -2.28. The number of aryl methyl sites for hydroxylation is 1. The molecule has 0 bridgehead atoms. The largest absolute Gasteiger partial charge is 0.379 e. The lowest BCUT2D eigenvalue weighted by molar-refractivity contribution is 0.186. The first-order chi connectivity index (χ1) is 13.2. The van der Waals surface area contributed by atoms with E-state index in [0.29, 0.717) is 36.4 Å². The molecule has 2 aliphatic rings. The fourth-order valence-corrected chi connectivity index (χ4v) is 3.73. The van der Waals surface area contributed by atoms with Gasteiger partial charge in [-0.1, -0.05) is 24.3 Å². The molecule has 1 saturated carbocycles. The number of benzene rings is 1. The Morgan fingerprint density at radius 2 is 2.04 bits per heavy atom. The molecule has 3 aromatic rings. The molecule has 2 aromatic heterocycles. The molecular weight excluding hydrogens is 340 g/mol. The second kappa shape index (κ2) is 6.46. The molecule has 6 heteroatoms. The van der Waals surface area contributed by atoms with Gasteiger partial charge in [0.15, 0.2) is 0 Å². The van der Waals surface area contributed by atoms with E-state index in [9.17, 15) is 4.79 Å². The molecule has 27 heavy (non-hydrogen) atoms. The Kier molecular flexibility index (Phi) is 3.93. The summed E-state index contributed by atoms with van der Waals surface area (Å²) < 4.78 is 7.39. The van der Waals surface area contributed by atoms with E-state index in [0.717, 1.165) is 35.8 Å². The minimum absolute atomic E-state index is 0.00708. The Balaban J connectivity index is 1.74. The molecule has 0 radical (unpaired) electrons. The second-order valence-corrected chi connectivity index (χ2v) is 7.46. The zero-order chi connectivity index (χ0) is 18.4. The summed E-state index contributed by atoms with van der Waals surface area (Å²) in [6.45, 7) is 3.24. The second-order valence-electron chi connectivity index (χ2n) is 7.46. The number of ether oxygens (including phenoxy) is 1. The van der Waals surface area contributed by atoms with Crippen molar-refractivity contribution in [1.29, 1.82) is 0 Å². The standard InChI is InChI=1S/C21H22N4O2/c1-13-4-2-3-5-17(13)18-10-14-11-22-21(23-15-6-7-15)24-19(14)25(20(18)26)16-8-9-27-12-16/h2-5,10-11,15-16H,6-9,12H2,1H3,(H,22,23,24)/t16-/m1/s1. The van der Waals surface area contributed by atoms with Crippen LogP contribution in [0, 0.1) is 6.92 Å². The lowest BCUT2D eigenvalue weighted by atomic mass is 10.0. The highest BCUT2D eigenvalue weighted by Gasteiger charge is 2.25. The van der Waals surface area contributed by atoms with Gasteiger partial charge in [-0.25, -0.2) is 4.98 Å². The summed E-state index contributed by atoms with van der Waals surface area (Å²) in [6, 6.07) is 10.4. The summed E-state index contributed by atoms with van der Waals surface area (Å²) in [5.41, 5.74) is 3.40. The zero-order valence-corrected chi connectivity index (χ0v) is 15.3. The van der Waals surface area contributed by atoms with Gasteiger partial charge in [-0.05, 0) is 43.4 Å². The SMILES string of the molecule is Cc1ccccc1-c1cc2cnc(NC3CC3)nc2n([C@@H]2CCOC2)c1=O. The maximum atomic E-state index is 13.5. The molecule has 6 nitrogen and oxygen atoms in total. The Morgan fingerprint density at radius 1 is 1.19 bits per heavy atom. The van der Waals surface area contributed by atoms with Crippen LogP contribution in [0.2, 0.25) is 0 Å². The molecule has 0 amide bonds. The van der Waals surface area contributed by atoms with Gasteiger partial charge in [0.05, 0.1) is 12.6 Å². The van der Waals surface area contributed by atoms with Crippen LogP contribution in [-0.2, 0) is 4.74 Å². The summed E-state index contributed by atoms with van der Waals surface area (Å²) in [6.07, 6.45) is 4.94. The van der Waals surface area contributed by atoms with Crippen LogP contribution in [0.4, 0.5) is 5.95 Å². The number of rotatable bonds is 4. The van der Waals surface area contributed by atoms with Crippen LogP contribution < -0.4 is 10.9 Å². The molecule has 5 rings (SSSR count). The Bertz CT molecular complexity index is 1070. The number of aromatic nitrogens is 3. The van der Waals surface area contributed by atoms with Gasteiger partial charge in [-0.15, -0.1) is 0 Å². The van der Waals surface area contributed by atoms with Gasteiger partial charge in [0.1, 0.15) is 5.65 Å². The Morgan fingerprint density at radius 3 is 2.78 bits per heavy atom. The summed E-state index contributed by atoms with van der Waals surface area (Å²) in [4.78, 5) is 22.7. The molecule has 1 atom stereocenters. The third-order valence-electron chi connectivity index (χ3n) is 5.39. The number of fused-ring (bicyclic) bond motifs is 1. The summed E-state index contributed by atoms with van der Waals surface area (Å²) >= 11 is 0. The third-order valence-corrected chi connectivity index (χ3v) is 5.39. The first-order valence-electron chi connectivity index (χ1n) is 9.53. The van der Waals surface area contributed by atoms with Crippen molar-refractivity contribution < 1.29 is 4.74 Å². The molecule has 1 saturated heterocycles. The quantitative estimate of drug-likeness (QED) is 0.771. The van der Waals surface area contributed by atoms with E-state index in [4.69, 9.17) is 9.72 Å². The average Bonchev–Trinajstić information content (AvgIpc) is 3.32. The van der Waals surface area contributed by atoms with E-state index >= 15 is 0 Å². The number of pyridine rings is 1. The van der Waals surface area contributed by atoms with Crippen LogP contribution in [0.25, 0.3) is 22.2 Å². The molecule has 1 N–H and O–H groups in total. The van der Waals surface area contributed by atoms with Crippen molar-refractivity contribution in [1.82, 2.24) is 14.5 Å². The lowest BCUT2D eigenvalue weighted by Gasteiger charge is -2.18. The van der Waals surface area contributed by atoms with Crippen LogP contribution in [0.15, 0.2) is 41.3 Å². The Hall–Kier alpha value is -2.73. The molecule has 1 aliphatic heterocycles. The van der Waals surface area contributed by atoms with Crippen molar-refractivity contribution in [2.24, 2.45) is 0 Å². The molecule has 2 fully saturated rings. The first-order valence-corrected chi connectivity index (χ1v) is 9.53. The summed E-state index contributed by atoms with van der Waals surface area (Å²) in [7, 11) is 0. The predicted octanol–water partition coefficient (Wildman–Crippen LogP) is 3.30. The zero-order valence-electron chi connectivity index (χ0n) is 15.3.